The van der Waals surface area contributed by atoms with Crippen molar-refractivity contribution < 1.29 is 4.42 Å². The van der Waals surface area contributed by atoms with Gasteiger partial charge in [0, 0.05) is 66.3 Å². The van der Waals surface area contributed by atoms with Gasteiger partial charge in [0.25, 0.3) is 0 Å². The zero-order valence-corrected chi connectivity index (χ0v) is 39.8. The molecule has 7 heteroatoms. The van der Waals surface area contributed by atoms with Gasteiger partial charge in [-0.2, -0.15) is 0 Å². The van der Waals surface area contributed by atoms with Crippen LogP contribution in [0.1, 0.15) is 48.3 Å². The van der Waals surface area contributed by atoms with Gasteiger partial charge in [0.1, 0.15) is 17.1 Å². The van der Waals surface area contributed by atoms with Gasteiger partial charge in [0.2, 0.25) is 0 Å². The molecule has 0 radical (unpaired) electrons. The first kappa shape index (κ1) is 40.3. The molecular formula is C64H43N5OS. The molecular weight excluding hydrogens is 887 g/mol. The minimum atomic E-state index is -0.460. The van der Waals surface area contributed by atoms with E-state index in [1.54, 1.807) is 0 Å². The summed E-state index contributed by atoms with van der Waals surface area (Å²) < 4.78 is 12.2. The Bertz CT molecular complexity index is 4490. The number of hydrogen-bond donors (Lipinski definition) is 1. The normalized spacial score (nSPS) is 16.1. The Morgan fingerprint density at radius 3 is 2.13 bits per heavy atom. The Hall–Kier alpha value is -8.65. The highest BCUT2D eigenvalue weighted by molar-refractivity contribution is 7.27. The van der Waals surface area contributed by atoms with Crippen molar-refractivity contribution in [3.05, 3.63) is 245 Å². The average molecular weight is 930 g/mol. The summed E-state index contributed by atoms with van der Waals surface area (Å²) in [4.78, 5) is 15.2. The van der Waals surface area contributed by atoms with Crippen molar-refractivity contribution in [3.8, 4) is 16.8 Å². The lowest BCUT2D eigenvalue weighted by molar-refractivity contribution is 0.544. The SMILES string of the molecule is CC1(C)c2ccccc2-c2cc(-n3c4ccccc4c4c5ccccc5c5c6ccccc6sc5c43)cc(C3=c4oc5ccccc5c4=NC(C4=CCC(c5ccccn5)=CC(c5ccccn5)=C4)N3)c21. The molecule has 0 fully saturated rings. The molecule has 0 bridgehead atoms. The third-order valence-electron chi connectivity index (χ3n) is 15.1. The number of hydrogen-bond acceptors (Lipinski definition) is 6. The summed E-state index contributed by atoms with van der Waals surface area (Å²) in [5.74, 6) is 0. The van der Waals surface area contributed by atoms with E-state index in [1.165, 1.54) is 75.0 Å². The highest BCUT2D eigenvalue weighted by atomic mass is 32.1. The molecule has 2 aliphatic carbocycles. The van der Waals surface area contributed by atoms with Gasteiger partial charge in [-0.1, -0.05) is 129 Å². The molecule has 1 aliphatic heterocycles. The molecule has 0 amide bonds. The van der Waals surface area contributed by atoms with Crippen LogP contribution < -0.4 is 16.1 Å². The Labute approximate surface area is 412 Å². The van der Waals surface area contributed by atoms with Crippen molar-refractivity contribution in [2.45, 2.75) is 31.8 Å². The van der Waals surface area contributed by atoms with E-state index in [2.05, 4.69) is 181 Å². The van der Waals surface area contributed by atoms with E-state index in [4.69, 9.17) is 19.4 Å². The summed E-state index contributed by atoms with van der Waals surface area (Å²) in [5, 5.41) is 13.6. The van der Waals surface area contributed by atoms with E-state index in [0.29, 0.717) is 6.42 Å². The monoisotopic (exact) mass is 929 g/mol. The molecule has 3 aliphatic rings. The lowest BCUT2D eigenvalue weighted by Crippen LogP contribution is -2.43. The minimum absolute atomic E-state index is 0.352. The molecule has 5 aromatic heterocycles. The van der Waals surface area contributed by atoms with Crippen molar-refractivity contribution in [2.24, 2.45) is 4.99 Å². The standard InChI is InChI=1S/C64H43N5OS/c1-64(2)49-23-9-5-17-41(49)47-35-40(69-52-26-10-6-20-44(52)55-42-18-3-4-19-43(42)56-46-22-8-12-28-54(46)71-62(56)60(55)69)36-48(57(47)64)59-61-58(45-21-7-11-27-53(45)70-61)67-63(68-59)38-30-29-37(50-24-13-15-31-65-50)33-39(34-38)51-25-14-16-32-66-51/h3-28,30-36,63,68H,29H2,1-2H3. The number of aromatic nitrogens is 3. The molecule has 71 heavy (non-hydrogen) atoms. The highest BCUT2D eigenvalue weighted by Gasteiger charge is 2.40. The summed E-state index contributed by atoms with van der Waals surface area (Å²) in [6, 6.07) is 61.2. The second-order valence-electron chi connectivity index (χ2n) is 19.4. The summed E-state index contributed by atoms with van der Waals surface area (Å²) in [6.07, 6.45) is 10.7. The maximum atomic E-state index is 7.04. The van der Waals surface area contributed by atoms with Crippen LogP contribution >= 0.6 is 11.3 Å². The second kappa shape index (κ2) is 15.2. The Morgan fingerprint density at radius 2 is 1.31 bits per heavy atom. The number of fused-ring (bicyclic) bond motifs is 16. The number of thiophene rings is 1. The molecule has 336 valence electrons. The Morgan fingerprint density at radius 1 is 0.634 bits per heavy atom. The van der Waals surface area contributed by atoms with Gasteiger partial charge >= 0.3 is 0 Å². The first-order valence-electron chi connectivity index (χ1n) is 24.3. The van der Waals surface area contributed by atoms with E-state index < -0.39 is 6.17 Å². The van der Waals surface area contributed by atoms with Gasteiger partial charge in [-0.3, -0.25) is 15.0 Å². The molecule has 1 N–H and O–H groups in total. The number of rotatable bonds is 5. The van der Waals surface area contributed by atoms with Gasteiger partial charge in [-0.05, 0) is 123 Å². The molecule has 7 aromatic carbocycles. The van der Waals surface area contributed by atoms with Gasteiger partial charge < -0.3 is 14.3 Å². The molecule has 1 atom stereocenters. The highest BCUT2D eigenvalue weighted by Crippen LogP contribution is 2.53. The van der Waals surface area contributed by atoms with E-state index in [-0.39, 0.29) is 5.41 Å². The van der Waals surface area contributed by atoms with E-state index in [0.717, 1.165) is 66.8 Å². The number of nitrogens with one attached hydrogen (secondary N) is 1. The molecule has 0 saturated heterocycles. The second-order valence-corrected chi connectivity index (χ2v) is 20.5. The molecule has 1 unspecified atom stereocenters. The van der Waals surface area contributed by atoms with Gasteiger partial charge in [-0.15, -0.1) is 11.3 Å². The maximum absolute atomic E-state index is 7.04. The predicted octanol–water partition coefficient (Wildman–Crippen LogP) is 14.3. The van der Waals surface area contributed by atoms with Crippen LogP contribution in [0.5, 0.6) is 0 Å². The minimum Gasteiger partial charge on any atom is -0.452 e. The fraction of sp³-hybridized carbons (Fsp3) is 0.0781. The first-order chi connectivity index (χ1) is 35.0. The molecule has 12 aromatic rings. The van der Waals surface area contributed by atoms with Crippen LogP contribution in [-0.4, -0.2) is 20.7 Å². The zero-order valence-electron chi connectivity index (χ0n) is 38.9. The number of nitrogens with zero attached hydrogens (tertiary/aromatic N) is 4. The predicted molar refractivity (Wildman–Crippen MR) is 292 cm³/mol. The zero-order chi connectivity index (χ0) is 47.0. The number of para-hydroxylation sites is 2. The van der Waals surface area contributed by atoms with E-state index >= 15 is 0 Å². The van der Waals surface area contributed by atoms with E-state index in [9.17, 15) is 0 Å². The number of benzene rings is 7. The smallest absolute Gasteiger partial charge is 0.177 e. The fourth-order valence-electron chi connectivity index (χ4n) is 12.0. The van der Waals surface area contributed by atoms with Gasteiger partial charge in [-0.25, -0.2) is 0 Å². The van der Waals surface area contributed by atoms with Crippen molar-refractivity contribution in [1.82, 2.24) is 19.9 Å². The molecule has 6 nitrogen and oxygen atoms in total. The Balaban J connectivity index is 1.03. The molecule has 6 heterocycles. The van der Waals surface area contributed by atoms with Crippen molar-refractivity contribution in [1.29, 1.82) is 0 Å². The van der Waals surface area contributed by atoms with Crippen molar-refractivity contribution in [3.63, 3.8) is 0 Å². The summed E-state index contributed by atoms with van der Waals surface area (Å²) in [5.41, 5.74) is 16.7. The molecule has 0 saturated carbocycles. The third-order valence-corrected chi connectivity index (χ3v) is 16.3. The first-order valence-corrected chi connectivity index (χ1v) is 25.2. The fourth-order valence-corrected chi connectivity index (χ4v) is 13.3. The van der Waals surface area contributed by atoms with Crippen LogP contribution in [0.2, 0.25) is 0 Å². The topological polar surface area (TPSA) is 68.2 Å². The quantitative estimate of drug-likeness (QED) is 0.187. The van der Waals surface area contributed by atoms with Crippen LogP contribution in [0.4, 0.5) is 0 Å². The number of pyridine rings is 2. The van der Waals surface area contributed by atoms with Gasteiger partial charge in [0.15, 0.2) is 5.42 Å². The largest absolute Gasteiger partial charge is 0.452 e. The van der Waals surface area contributed by atoms with Crippen LogP contribution in [0, 0.1) is 0 Å². The average Bonchev–Trinajstić information content (AvgIpc) is 4.11. The maximum Gasteiger partial charge on any atom is 0.177 e. The lowest BCUT2D eigenvalue weighted by Gasteiger charge is -2.29. The summed E-state index contributed by atoms with van der Waals surface area (Å²) in [6.45, 7) is 4.75. The summed E-state index contributed by atoms with van der Waals surface area (Å²) >= 11 is 1.89. The van der Waals surface area contributed by atoms with Crippen molar-refractivity contribution in [2.75, 3.05) is 0 Å². The third kappa shape index (κ3) is 5.90. The lowest BCUT2D eigenvalue weighted by atomic mass is 9.79. The van der Waals surface area contributed by atoms with Crippen molar-refractivity contribution >= 4 is 91.9 Å². The molecule has 15 rings (SSSR count). The van der Waals surface area contributed by atoms with E-state index in [1.807, 2.05) is 54.1 Å². The van der Waals surface area contributed by atoms with Crippen LogP contribution in [-0.2, 0) is 5.41 Å². The number of allylic oxidation sites excluding steroid dienone is 4. The van der Waals surface area contributed by atoms with Crippen LogP contribution in [0.3, 0.4) is 0 Å². The van der Waals surface area contributed by atoms with Crippen LogP contribution in [0.15, 0.2) is 215 Å². The summed E-state index contributed by atoms with van der Waals surface area (Å²) in [7, 11) is 0. The van der Waals surface area contributed by atoms with Gasteiger partial charge in [0.05, 0.1) is 32.8 Å². The number of furan rings is 1. The Kier molecular flexibility index (Phi) is 8.60. The van der Waals surface area contributed by atoms with Crippen LogP contribution in [0.25, 0.3) is 97.4 Å². The molecule has 0 spiro atoms.